The lowest BCUT2D eigenvalue weighted by Gasteiger charge is -2.13. The summed E-state index contributed by atoms with van der Waals surface area (Å²) < 4.78 is 10.7. The van der Waals surface area contributed by atoms with Crippen molar-refractivity contribution in [1.29, 1.82) is 0 Å². The maximum Gasteiger partial charge on any atom is 0.171 e. The van der Waals surface area contributed by atoms with Gasteiger partial charge in [-0.25, -0.2) is 9.15 Å². The number of rotatable bonds is 6. The van der Waals surface area contributed by atoms with E-state index in [2.05, 4.69) is 70.1 Å². The molecule has 0 saturated carbocycles. The summed E-state index contributed by atoms with van der Waals surface area (Å²) in [4.78, 5) is 0. The molecule has 0 aromatic heterocycles. The van der Waals surface area contributed by atoms with Crippen molar-refractivity contribution in [2.75, 3.05) is 39.4 Å². The summed E-state index contributed by atoms with van der Waals surface area (Å²) in [6.45, 7) is 5.72. The highest BCUT2D eigenvalue weighted by Gasteiger charge is 2.16. The molecule has 3 heteroatoms. The Morgan fingerprint density at radius 1 is 0.680 bits per heavy atom. The predicted molar refractivity (Wildman–Crippen MR) is 101 cm³/mol. The van der Waals surface area contributed by atoms with E-state index in [1.807, 2.05) is 0 Å². The molecule has 25 heavy (non-hydrogen) atoms. The van der Waals surface area contributed by atoms with Crippen LogP contribution in [0.15, 0.2) is 48.5 Å². The number of benzene rings is 2. The van der Waals surface area contributed by atoms with E-state index < -0.39 is 0 Å². The van der Waals surface area contributed by atoms with Crippen LogP contribution in [-0.2, 0) is 17.6 Å². The van der Waals surface area contributed by atoms with Crippen LogP contribution in [0.4, 0.5) is 0 Å². The van der Waals surface area contributed by atoms with Crippen molar-refractivity contribution in [2.24, 2.45) is 0 Å². The van der Waals surface area contributed by atoms with Crippen LogP contribution in [0.1, 0.15) is 22.3 Å². The molecule has 3 nitrogen and oxygen atoms in total. The summed E-state index contributed by atoms with van der Waals surface area (Å²) in [5.41, 5.74) is 5.63. The predicted octanol–water partition coefficient (Wildman–Crippen LogP) is 2.38. The Morgan fingerprint density at radius 3 is 1.68 bits per heavy atom. The Kier molecular flexibility index (Phi) is 5.03. The van der Waals surface area contributed by atoms with Crippen LogP contribution in [0.5, 0.6) is 0 Å². The molecule has 2 aromatic carbocycles. The van der Waals surface area contributed by atoms with E-state index >= 15 is 0 Å². The normalized spacial score (nSPS) is 15.8. The van der Waals surface area contributed by atoms with Gasteiger partial charge in [-0.05, 0) is 23.3 Å². The van der Waals surface area contributed by atoms with Gasteiger partial charge in [-0.3, -0.25) is 0 Å². The van der Waals surface area contributed by atoms with Gasteiger partial charge in [0.25, 0.3) is 0 Å². The third-order valence-electron chi connectivity index (χ3n) is 5.14. The van der Waals surface area contributed by atoms with Crippen LogP contribution >= 0.6 is 0 Å². The first-order valence-electron chi connectivity index (χ1n) is 9.30. The van der Waals surface area contributed by atoms with E-state index in [4.69, 9.17) is 4.74 Å². The molecule has 0 fully saturated rings. The lowest BCUT2D eigenvalue weighted by Crippen LogP contribution is -2.28. The molecule has 2 aliphatic heterocycles. The van der Waals surface area contributed by atoms with E-state index in [1.54, 1.807) is 0 Å². The van der Waals surface area contributed by atoms with E-state index in [-0.39, 0.29) is 0 Å². The lowest BCUT2D eigenvalue weighted by molar-refractivity contribution is -0.535. The van der Waals surface area contributed by atoms with Crippen molar-refractivity contribution in [3.8, 4) is 0 Å². The van der Waals surface area contributed by atoms with Crippen LogP contribution in [0.3, 0.4) is 0 Å². The molecule has 2 aromatic rings. The fourth-order valence-corrected chi connectivity index (χ4v) is 3.64. The fraction of sp³-hybridized carbons (Fsp3) is 0.364. The number of nitrogens with zero attached hydrogens (tertiary/aromatic N) is 2. The number of hydrogen-bond acceptors (Lipinski definition) is 1. The van der Waals surface area contributed by atoms with Crippen molar-refractivity contribution in [3.05, 3.63) is 70.8 Å². The van der Waals surface area contributed by atoms with Crippen LogP contribution in [0.2, 0.25) is 0 Å². The minimum absolute atomic E-state index is 0.795. The summed E-state index contributed by atoms with van der Waals surface area (Å²) >= 11 is 0. The second kappa shape index (κ2) is 7.75. The average Bonchev–Trinajstić information content (AvgIpc) is 2.67. The van der Waals surface area contributed by atoms with Gasteiger partial charge in [0.1, 0.15) is 26.3 Å². The smallest absolute Gasteiger partial charge is 0.171 e. The first-order valence-corrected chi connectivity index (χ1v) is 9.30. The largest absolute Gasteiger partial charge is 0.368 e. The molecule has 0 aliphatic carbocycles. The van der Waals surface area contributed by atoms with Crippen LogP contribution < -0.4 is 0 Å². The first kappa shape index (κ1) is 16.2. The van der Waals surface area contributed by atoms with Gasteiger partial charge < -0.3 is 4.74 Å². The highest BCUT2D eigenvalue weighted by molar-refractivity contribution is 5.79. The van der Waals surface area contributed by atoms with Gasteiger partial charge in [-0.2, -0.15) is 0 Å². The maximum absolute atomic E-state index is 5.89. The van der Waals surface area contributed by atoms with Gasteiger partial charge in [0.05, 0.1) is 0 Å². The second-order valence-electron chi connectivity index (χ2n) is 6.84. The zero-order valence-corrected chi connectivity index (χ0v) is 14.7. The Morgan fingerprint density at radius 2 is 1.16 bits per heavy atom. The molecule has 128 valence electrons. The van der Waals surface area contributed by atoms with Crippen molar-refractivity contribution in [3.63, 3.8) is 0 Å². The molecule has 0 unspecified atom stereocenters. The van der Waals surface area contributed by atoms with E-state index in [0.29, 0.717) is 0 Å². The van der Waals surface area contributed by atoms with Crippen molar-refractivity contribution in [2.45, 2.75) is 12.8 Å². The second-order valence-corrected chi connectivity index (χ2v) is 6.84. The monoisotopic (exact) mass is 334 g/mol. The Balaban J connectivity index is 1.22. The highest BCUT2D eigenvalue weighted by atomic mass is 16.5. The van der Waals surface area contributed by atoms with Crippen LogP contribution in [0.25, 0.3) is 0 Å². The van der Waals surface area contributed by atoms with Gasteiger partial charge in [-0.15, -0.1) is 0 Å². The topological polar surface area (TPSA) is 15.2 Å². The summed E-state index contributed by atoms with van der Waals surface area (Å²) in [5, 5.41) is 0. The van der Waals surface area contributed by atoms with Crippen molar-refractivity contribution < 1.29 is 13.9 Å². The van der Waals surface area contributed by atoms with Crippen molar-refractivity contribution >= 4 is 12.4 Å². The average molecular weight is 334 g/mol. The molecule has 0 radical (unpaired) electrons. The summed E-state index contributed by atoms with van der Waals surface area (Å²) in [6, 6.07) is 17.3. The Bertz CT molecular complexity index is 740. The third-order valence-corrected chi connectivity index (χ3v) is 5.14. The van der Waals surface area contributed by atoms with Crippen LogP contribution in [0, 0.1) is 0 Å². The van der Waals surface area contributed by atoms with Gasteiger partial charge in [0.15, 0.2) is 25.5 Å². The summed E-state index contributed by atoms with van der Waals surface area (Å²) in [5.74, 6) is 0. The van der Waals surface area contributed by atoms with E-state index in [9.17, 15) is 0 Å². The molecule has 0 bridgehead atoms. The molecular weight excluding hydrogens is 308 g/mol. The number of hydrogen-bond donors (Lipinski definition) is 0. The maximum atomic E-state index is 5.89. The van der Waals surface area contributed by atoms with Gasteiger partial charge in [0, 0.05) is 24.0 Å². The summed E-state index contributed by atoms with van der Waals surface area (Å²) in [7, 11) is 0. The number of ether oxygens (including phenoxy) is 1. The van der Waals surface area contributed by atoms with E-state index in [0.717, 1.165) is 52.2 Å². The summed E-state index contributed by atoms with van der Waals surface area (Å²) in [6.07, 6.45) is 6.82. The molecule has 0 N–H and O–H groups in total. The lowest BCUT2D eigenvalue weighted by atomic mass is 10.0. The quantitative estimate of drug-likeness (QED) is 0.585. The molecule has 0 spiro atoms. The third kappa shape index (κ3) is 4.05. The Labute approximate surface area is 149 Å². The molecular formula is C22H26N2O+2. The van der Waals surface area contributed by atoms with Crippen LogP contribution in [-0.4, -0.2) is 61.0 Å². The molecule has 0 amide bonds. The molecule has 2 aliphatic rings. The van der Waals surface area contributed by atoms with Gasteiger partial charge in [0.2, 0.25) is 0 Å². The first-order chi connectivity index (χ1) is 12.4. The molecule has 4 rings (SSSR count). The van der Waals surface area contributed by atoms with E-state index in [1.165, 1.54) is 22.3 Å². The minimum atomic E-state index is 0.795. The minimum Gasteiger partial charge on any atom is -0.368 e. The number of fused-ring (bicyclic) bond motifs is 2. The standard InChI is InChI=1S/C22H26N2O/c1-3-7-21-17-23(11-9-19(21)5-1)13-15-25-16-14-24-12-10-20-6-2-4-8-22(20)18-24/h1-8,17-18H,9-16H2/q+2. The zero-order valence-electron chi connectivity index (χ0n) is 14.7. The molecule has 0 atom stereocenters. The van der Waals surface area contributed by atoms with Gasteiger partial charge in [-0.1, -0.05) is 36.4 Å². The molecule has 2 heterocycles. The van der Waals surface area contributed by atoms with Crippen molar-refractivity contribution in [1.82, 2.24) is 0 Å². The zero-order chi connectivity index (χ0) is 16.9. The molecule has 0 saturated heterocycles. The fourth-order valence-electron chi connectivity index (χ4n) is 3.64. The highest BCUT2D eigenvalue weighted by Crippen LogP contribution is 2.12. The SMILES string of the molecule is C1=[N+](CCOCC[N+]2=Cc3ccccc3CC2)CCc2ccccc21. The van der Waals surface area contributed by atoms with Gasteiger partial charge >= 0.3 is 0 Å². The Hall–Kier alpha value is -2.26.